The van der Waals surface area contributed by atoms with E-state index in [1.54, 1.807) is 32.4 Å². The Morgan fingerprint density at radius 1 is 1.21 bits per heavy atom. The molecule has 2 N–H and O–H groups in total. The quantitative estimate of drug-likeness (QED) is 0.559. The number of carbonyl (C=O) groups is 1. The van der Waals surface area contributed by atoms with Crippen molar-refractivity contribution >= 4 is 35.0 Å². The Labute approximate surface area is 171 Å². The Balaban J connectivity index is 1.64. The van der Waals surface area contributed by atoms with Gasteiger partial charge in [-0.05, 0) is 36.8 Å². The molecule has 0 saturated heterocycles. The first-order valence-electron chi connectivity index (χ1n) is 8.33. The van der Waals surface area contributed by atoms with Gasteiger partial charge in [-0.2, -0.15) is 0 Å². The third kappa shape index (κ3) is 4.76. The number of methoxy groups -OCH3 is 2. The molecule has 9 heteroatoms. The maximum Gasteiger partial charge on any atom is 0.234 e. The number of aromatic amines is 1. The summed E-state index contributed by atoms with van der Waals surface area (Å²) in [6.45, 7) is 1.94. The van der Waals surface area contributed by atoms with Gasteiger partial charge in [0.2, 0.25) is 11.1 Å². The van der Waals surface area contributed by atoms with Gasteiger partial charge in [0.15, 0.2) is 5.82 Å². The van der Waals surface area contributed by atoms with Gasteiger partial charge in [-0.15, -0.1) is 5.10 Å². The first kappa shape index (κ1) is 20.0. The highest BCUT2D eigenvalue weighted by molar-refractivity contribution is 7.99. The normalized spacial score (nSPS) is 10.6. The van der Waals surface area contributed by atoms with E-state index in [1.165, 1.54) is 11.8 Å². The van der Waals surface area contributed by atoms with Crippen LogP contribution in [0.2, 0.25) is 5.02 Å². The number of H-pyrrole nitrogens is 1. The number of ether oxygens (including phenoxy) is 2. The topological polar surface area (TPSA) is 89.1 Å². The van der Waals surface area contributed by atoms with Gasteiger partial charge in [-0.1, -0.05) is 29.4 Å². The molecule has 0 radical (unpaired) electrons. The second-order valence-electron chi connectivity index (χ2n) is 5.85. The Morgan fingerprint density at radius 3 is 2.75 bits per heavy atom. The van der Waals surface area contributed by atoms with Crippen LogP contribution in [0, 0.1) is 6.92 Å². The third-order valence-corrected chi connectivity index (χ3v) is 5.02. The largest absolute Gasteiger partial charge is 0.497 e. The smallest absolute Gasteiger partial charge is 0.234 e. The maximum absolute atomic E-state index is 12.2. The van der Waals surface area contributed by atoms with Crippen LogP contribution < -0.4 is 14.8 Å². The molecule has 2 aromatic carbocycles. The number of aromatic nitrogens is 3. The van der Waals surface area contributed by atoms with Gasteiger partial charge in [0.1, 0.15) is 11.5 Å². The first-order chi connectivity index (χ1) is 13.5. The fraction of sp³-hybridized carbons (Fsp3) is 0.211. The highest BCUT2D eigenvalue weighted by atomic mass is 35.5. The average Bonchev–Trinajstić information content (AvgIpc) is 3.17. The molecule has 1 heterocycles. The summed E-state index contributed by atoms with van der Waals surface area (Å²) in [7, 11) is 3.16. The molecule has 0 aliphatic heterocycles. The van der Waals surface area contributed by atoms with E-state index in [0.717, 1.165) is 11.1 Å². The van der Waals surface area contributed by atoms with Gasteiger partial charge in [-0.3, -0.25) is 9.89 Å². The summed E-state index contributed by atoms with van der Waals surface area (Å²) in [4.78, 5) is 16.6. The van der Waals surface area contributed by atoms with Gasteiger partial charge >= 0.3 is 0 Å². The lowest BCUT2D eigenvalue weighted by molar-refractivity contribution is -0.113. The molecule has 0 aliphatic carbocycles. The van der Waals surface area contributed by atoms with Crippen LogP contribution in [0.3, 0.4) is 0 Å². The van der Waals surface area contributed by atoms with Crippen molar-refractivity contribution in [2.24, 2.45) is 0 Å². The van der Waals surface area contributed by atoms with E-state index in [0.29, 0.717) is 33.2 Å². The predicted octanol–water partition coefficient (Wildman–Crippen LogP) is 4.18. The molecule has 0 unspecified atom stereocenters. The van der Waals surface area contributed by atoms with Crippen molar-refractivity contribution in [1.82, 2.24) is 15.2 Å². The summed E-state index contributed by atoms with van der Waals surface area (Å²) >= 11 is 7.36. The molecule has 0 atom stereocenters. The van der Waals surface area contributed by atoms with Crippen LogP contribution in [-0.2, 0) is 4.79 Å². The summed E-state index contributed by atoms with van der Waals surface area (Å²) in [5.41, 5.74) is 2.36. The average molecular weight is 419 g/mol. The molecule has 3 rings (SSSR count). The molecule has 0 saturated carbocycles. The lowest BCUT2D eigenvalue weighted by Gasteiger charge is -2.08. The number of nitrogens with one attached hydrogen (secondary N) is 2. The van der Waals surface area contributed by atoms with Crippen molar-refractivity contribution in [1.29, 1.82) is 0 Å². The number of hydrogen-bond donors (Lipinski definition) is 2. The van der Waals surface area contributed by atoms with Gasteiger partial charge < -0.3 is 14.8 Å². The Morgan fingerprint density at radius 2 is 2.04 bits per heavy atom. The first-order valence-corrected chi connectivity index (χ1v) is 9.70. The number of halogens is 1. The van der Waals surface area contributed by atoms with Gasteiger partial charge in [0, 0.05) is 6.07 Å². The van der Waals surface area contributed by atoms with Crippen molar-refractivity contribution in [3.8, 4) is 22.9 Å². The van der Waals surface area contributed by atoms with E-state index in [2.05, 4.69) is 20.5 Å². The molecule has 7 nitrogen and oxygen atoms in total. The summed E-state index contributed by atoms with van der Waals surface area (Å²) in [6.07, 6.45) is 0. The summed E-state index contributed by atoms with van der Waals surface area (Å²) < 4.78 is 10.6. The minimum absolute atomic E-state index is 0.154. The standard InChI is InChI=1S/C19H19ClN4O3S/c1-11-4-7-15(14(20)8-11)21-17(25)10-28-19-22-18(23-24-19)13-6-5-12(26-2)9-16(13)27-3/h4-9H,10H2,1-3H3,(H,21,25)(H,22,23,24). The van der Waals surface area contributed by atoms with Crippen molar-refractivity contribution in [3.63, 3.8) is 0 Å². The van der Waals surface area contributed by atoms with Crippen molar-refractivity contribution in [2.75, 3.05) is 25.3 Å². The number of nitrogens with zero attached hydrogens (tertiary/aromatic N) is 2. The third-order valence-electron chi connectivity index (χ3n) is 3.86. The van der Waals surface area contributed by atoms with Gasteiger partial charge in [0.25, 0.3) is 0 Å². The lowest BCUT2D eigenvalue weighted by atomic mass is 10.2. The van der Waals surface area contributed by atoms with E-state index in [-0.39, 0.29) is 11.7 Å². The predicted molar refractivity (Wildman–Crippen MR) is 110 cm³/mol. The van der Waals surface area contributed by atoms with Crippen molar-refractivity contribution in [3.05, 3.63) is 47.0 Å². The Hall–Kier alpha value is -2.71. The van der Waals surface area contributed by atoms with Crippen LogP contribution in [0.5, 0.6) is 11.5 Å². The van der Waals surface area contributed by atoms with Crippen LogP contribution in [0.25, 0.3) is 11.4 Å². The molecule has 0 spiro atoms. The molecule has 1 amide bonds. The van der Waals surface area contributed by atoms with E-state index >= 15 is 0 Å². The molecular weight excluding hydrogens is 400 g/mol. The second-order valence-corrected chi connectivity index (χ2v) is 7.20. The van der Waals surface area contributed by atoms with E-state index in [1.807, 2.05) is 25.1 Å². The Bertz CT molecular complexity index is 993. The summed E-state index contributed by atoms with van der Waals surface area (Å²) in [5.74, 6) is 1.80. The lowest BCUT2D eigenvalue weighted by Crippen LogP contribution is -2.14. The fourth-order valence-corrected chi connectivity index (χ4v) is 3.34. The Kier molecular flexibility index (Phi) is 6.43. The number of aryl methyl sites for hydroxylation is 1. The minimum atomic E-state index is -0.191. The molecular formula is C19H19ClN4O3S. The van der Waals surface area contributed by atoms with Crippen LogP contribution in [0.4, 0.5) is 5.69 Å². The van der Waals surface area contributed by atoms with Gasteiger partial charge in [0.05, 0.1) is 36.2 Å². The van der Waals surface area contributed by atoms with E-state index in [9.17, 15) is 4.79 Å². The van der Waals surface area contributed by atoms with E-state index in [4.69, 9.17) is 21.1 Å². The highest BCUT2D eigenvalue weighted by Gasteiger charge is 2.14. The maximum atomic E-state index is 12.2. The SMILES string of the molecule is COc1ccc(-c2nc(SCC(=O)Nc3ccc(C)cc3Cl)n[nH]2)c(OC)c1. The number of thioether (sulfide) groups is 1. The zero-order valence-corrected chi connectivity index (χ0v) is 17.1. The van der Waals surface area contributed by atoms with E-state index < -0.39 is 0 Å². The zero-order chi connectivity index (χ0) is 20.1. The molecule has 0 bridgehead atoms. The monoisotopic (exact) mass is 418 g/mol. The molecule has 28 heavy (non-hydrogen) atoms. The summed E-state index contributed by atoms with van der Waals surface area (Å²) in [6, 6.07) is 10.9. The van der Waals surface area contributed by atoms with Crippen molar-refractivity contribution < 1.29 is 14.3 Å². The molecule has 0 fully saturated rings. The van der Waals surface area contributed by atoms with Crippen LogP contribution >= 0.6 is 23.4 Å². The number of rotatable bonds is 7. The number of hydrogen-bond acceptors (Lipinski definition) is 6. The van der Waals surface area contributed by atoms with Gasteiger partial charge in [-0.25, -0.2) is 4.98 Å². The fourth-order valence-electron chi connectivity index (χ4n) is 2.46. The van der Waals surface area contributed by atoms with Crippen LogP contribution in [0.1, 0.15) is 5.56 Å². The number of anilines is 1. The second kappa shape index (κ2) is 8.99. The van der Waals surface area contributed by atoms with Crippen LogP contribution in [-0.4, -0.2) is 41.1 Å². The van der Waals surface area contributed by atoms with Crippen molar-refractivity contribution in [2.45, 2.75) is 12.1 Å². The zero-order valence-electron chi connectivity index (χ0n) is 15.6. The summed E-state index contributed by atoms with van der Waals surface area (Å²) in [5, 5.41) is 10.8. The van der Waals surface area contributed by atoms with Crippen LogP contribution in [0.15, 0.2) is 41.6 Å². The number of carbonyl (C=O) groups excluding carboxylic acids is 1. The number of benzene rings is 2. The minimum Gasteiger partial charge on any atom is -0.497 e. The molecule has 1 aromatic heterocycles. The number of amides is 1. The highest BCUT2D eigenvalue weighted by Crippen LogP contribution is 2.32. The molecule has 146 valence electrons. The molecule has 0 aliphatic rings. The molecule has 3 aromatic rings.